The lowest BCUT2D eigenvalue weighted by molar-refractivity contribution is -0.386. The first-order valence-electron chi connectivity index (χ1n) is 9.66. The number of nitrogens with one attached hydrogen (secondary N) is 1. The van der Waals surface area contributed by atoms with Gasteiger partial charge in [-0.3, -0.25) is 10.1 Å². The summed E-state index contributed by atoms with van der Waals surface area (Å²) in [5, 5.41) is 34.0. The Morgan fingerprint density at radius 3 is 2.84 bits per heavy atom. The number of rotatable bonds is 6. The van der Waals surface area contributed by atoms with Gasteiger partial charge < -0.3 is 19.9 Å². The summed E-state index contributed by atoms with van der Waals surface area (Å²) in [6, 6.07) is 8.29. The zero-order valence-electron chi connectivity index (χ0n) is 17.0. The maximum Gasteiger partial charge on any atom is 0.315 e. The quantitative estimate of drug-likeness (QED) is 0.262. The Labute approximate surface area is 195 Å². The third kappa shape index (κ3) is 4.28. The van der Waals surface area contributed by atoms with Gasteiger partial charge in [0.15, 0.2) is 17.7 Å². The minimum atomic E-state index is -0.870. The van der Waals surface area contributed by atoms with E-state index in [1.807, 2.05) is 25.1 Å². The summed E-state index contributed by atoms with van der Waals surface area (Å²) in [6.07, 6.45) is -0.870. The molecule has 10 nitrogen and oxygen atoms in total. The number of anilines is 1. The van der Waals surface area contributed by atoms with E-state index >= 15 is 0 Å². The number of nitrogens with zero attached hydrogens (tertiary/aromatic N) is 4. The van der Waals surface area contributed by atoms with Gasteiger partial charge in [0.2, 0.25) is 16.8 Å². The molecule has 0 saturated heterocycles. The number of aromatic nitrogens is 3. The van der Waals surface area contributed by atoms with Crippen LogP contribution in [0.15, 0.2) is 40.0 Å². The second kappa shape index (κ2) is 9.17. The fourth-order valence-electron chi connectivity index (χ4n) is 3.18. The van der Waals surface area contributed by atoms with Crippen LogP contribution >= 0.6 is 27.7 Å². The van der Waals surface area contributed by atoms with Gasteiger partial charge in [-0.25, -0.2) is 0 Å². The molecule has 4 rings (SSSR count). The molecule has 3 aromatic rings. The van der Waals surface area contributed by atoms with Crippen LogP contribution in [0.2, 0.25) is 0 Å². The van der Waals surface area contributed by atoms with Gasteiger partial charge in [-0.2, -0.15) is 4.98 Å². The van der Waals surface area contributed by atoms with E-state index < -0.39 is 22.6 Å². The summed E-state index contributed by atoms with van der Waals surface area (Å²) in [7, 11) is 0. The second-order valence-corrected chi connectivity index (χ2v) is 8.74. The van der Waals surface area contributed by atoms with Crippen LogP contribution in [-0.4, -0.2) is 37.6 Å². The highest BCUT2D eigenvalue weighted by Crippen LogP contribution is 2.44. The van der Waals surface area contributed by atoms with Crippen molar-refractivity contribution in [3.05, 3.63) is 50.5 Å². The lowest BCUT2D eigenvalue weighted by Crippen LogP contribution is -2.17. The van der Waals surface area contributed by atoms with Crippen molar-refractivity contribution >= 4 is 39.1 Å². The number of hydrogen-bond donors (Lipinski definition) is 2. The molecule has 0 fully saturated rings. The third-order valence-electron chi connectivity index (χ3n) is 4.54. The number of benzene rings is 2. The topological polar surface area (TPSA) is 133 Å². The first-order valence-corrected chi connectivity index (χ1v) is 11.4. The van der Waals surface area contributed by atoms with Gasteiger partial charge in [0.25, 0.3) is 0 Å². The average Bonchev–Trinajstić information content (AvgIpc) is 2.91. The Morgan fingerprint density at radius 1 is 1.31 bits per heavy atom. The maximum absolute atomic E-state index is 11.5. The molecule has 2 heterocycles. The highest BCUT2D eigenvalue weighted by molar-refractivity contribution is 9.10. The van der Waals surface area contributed by atoms with Gasteiger partial charge in [-0.15, -0.1) is 10.2 Å². The summed E-state index contributed by atoms with van der Waals surface area (Å²) in [5.74, 6) is 0.445. The van der Waals surface area contributed by atoms with E-state index in [9.17, 15) is 15.2 Å². The van der Waals surface area contributed by atoms with E-state index in [0.717, 1.165) is 10.2 Å². The fourth-order valence-corrected chi connectivity index (χ4v) is 4.05. The fraction of sp³-hybridized carbons (Fsp3) is 0.250. The van der Waals surface area contributed by atoms with Crippen LogP contribution < -0.4 is 14.8 Å². The molecule has 0 unspecified atom stereocenters. The molecule has 1 aromatic heterocycles. The lowest BCUT2D eigenvalue weighted by Gasteiger charge is -2.20. The van der Waals surface area contributed by atoms with Crippen molar-refractivity contribution in [1.29, 1.82) is 0 Å². The molecule has 0 spiro atoms. The zero-order chi connectivity index (χ0) is 22.8. The number of aromatic hydroxyl groups is 1. The van der Waals surface area contributed by atoms with Gasteiger partial charge in [0, 0.05) is 27.4 Å². The van der Waals surface area contributed by atoms with Crippen LogP contribution in [0.25, 0.3) is 11.3 Å². The van der Waals surface area contributed by atoms with Gasteiger partial charge in [-0.05, 0) is 36.9 Å². The normalized spacial score (nSPS) is 14.4. The molecule has 32 heavy (non-hydrogen) atoms. The number of nitro benzene ring substituents is 1. The highest BCUT2D eigenvalue weighted by atomic mass is 79.9. The van der Waals surface area contributed by atoms with Crippen LogP contribution in [0.5, 0.6) is 17.4 Å². The molecule has 1 aliphatic rings. The van der Waals surface area contributed by atoms with Crippen molar-refractivity contribution in [2.75, 3.05) is 17.7 Å². The average molecular weight is 520 g/mol. The summed E-state index contributed by atoms with van der Waals surface area (Å²) in [5.41, 5.74) is 1.72. The number of fused-ring (bicyclic) bond motifs is 3. The Bertz CT molecular complexity index is 1200. The molecule has 166 valence electrons. The van der Waals surface area contributed by atoms with Crippen molar-refractivity contribution in [2.24, 2.45) is 0 Å². The molecule has 0 amide bonds. The summed E-state index contributed by atoms with van der Waals surface area (Å²) < 4.78 is 12.4. The Morgan fingerprint density at radius 2 is 2.12 bits per heavy atom. The molecule has 2 N–H and O–H groups in total. The Kier molecular flexibility index (Phi) is 6.33. The number of thioether (sulfide) groups is 1. The number of ether oxygens (including phenoxy) is 2. The van der Waals surface area contributed by atoms with E-state index in [1.165, 1.54) is 23.9 Å². The molecular weight excluding hydrogens is 502 g/mol. The smallest absolute Gasteiger partial charge is 0.315 e. The van der Waals surface area contributed by atoms with E-state index in [4.69, 9.17) is 9.47 Å². The highest BCUT2D eigenvalue weighted by Gasteiger charge is 2.30. The van der Waals surface area contributed by atoms with Crippen LogP contribution in [0, 0.1) is 10.1 Å². The summed E-state index contributed by atoms with van der Waals surface area (Å²) in [4.78, 5) is 15.4. The van der Waals surface area contributed by atoms with E-state index in [0.29, 0.717) is 27.7 Å². The van der Waals surface area contributed by atoms with E-state index in [-0.39, 0.29) is 18.2 Å². The van der Waals surface area contributed by atoms with Crippen molar-refractivity contribution in [3.63, 3.8) is 0 Å². The molecule has 0 bridgehead atoms. The zero-order valence-corrected chi connectivity index (χ0v) is 19.4. The van der Waals surface area contributed by atoms with Gasteiger partial charge >= 0.3 is 5.69 Å². The molecule has 0 aliphatic carbocycles. The first kappa shape index (κ1) is 22.1. The van der Waals surface area contributed by atoms with Crippen molar-refractivity contribution < 1.29 is 19.5 Å². The Hall–Kier alpha value is -3.12. The number of hydrogen-bond acceptors (Lipinski definition) is 10. The lowest BCUT2D eigenvalue weighted by atomic mass is 10.1. The second-order valence-electron chi connectivity index (χ2n) is 6.59. The van der Waals surface area contributed by atoms with E-state index in [1.54, 1.807) is 6.92 Å². The van der Waals surface area contributed by atoms with Gasteiger partial charge in [0.05, 0.1) is 11.5 Å². The standard InChI is InChI=1S/C20H18BrN5O5S/c1-3-30-15-8-10(7-14(17(15)27)26(28)29)18-22-13-6-5-11(21)9-12(13)16-19(31-18)23-20(25-24-16)32-4-2/h5-9,18,22,27H,3-4H2,1-2H3/t18-/m1/s1. The van der Waals surface area contributed by atoms with Gasteiger partial charge in [-0.1, -0.05) is 34.6 Å². The van der Waals surface area contributed by atoms with Crippen molar-refractivity contribution in [1.82, 2.24) is 15.2 Å². The first-order chi connectivity index (χ1) is 15.4. The van der Waals surface area contributed by atoms with Crippen LogP contribution in [0.4, 0.5) is 11.4 Å². The molecular formula is C20H18BrN5O5S. The number of phenolic OH excluding ortho intramolecular Hbond substituents is 1. The van der Waals surface area contributed by atoms with Gasteiger partial charge in [0.1, 0.15) is 0 Å². The monoisotopic (exact) mass is 519 g/mol. The van der Waals surface area contributed by atoms with Crippen LogP contribution in [0.3, 0.4) is 0 Å². The third-order valence-corrected chi connectivity index (χ3v) is 5.75. The number of phenols is 1. The van der Waals surface area contributed by atoms with Crippen molar-refractivity contribution in [2.45, 2.75) is 25.2 Å². The number of halogens is 1. The van der Waals surface area contributed by atoms with Crippen molar-refractivity contribution in [3.8, 4) is 28.6 Å². The van der Waals surface area contributed by atoms with E-state index in [2.05, 4.69) is 36.4 Å². The molecule has 0 saturated carbocycles. The molecule has 2 aromatic carbocycles. The molecule has 0 radical (unpaired) electrons. The summed E-state index contributed by atoms with van der Waals surface area (Å²) in [6.45, 7) is 3.92. The minimum Gasteiger partial charge on any atom is -0.500 e. The van der Waals surface area contributed by atoms with Crippen LogP contribution in [0.1, 0.15) is 25.6 Å². The Balaban J connectivity index is 1.87. The minimum absolute atomic E-state index is 0.00867. The predicted octanol–water partition coefficient (Wildman–Crippen LogP) is 4.93. The number of nitro groups is 1. The largest absolute Gasteiger partial charge is 0.500 e. The molecule has 1 atom stereocenters. The summed E-state index contributed by atoms with van der Waals surface area (Å²) >= 11 is 4.88. The predicted molar refractivity (Wildman–Crippen MR) is 122 cm³/mol. The maximum atomic E-state index is 11.5. The SMILES string of the molecule is CCOc1cc([C@@H]2Nc3ccc(Br)cc3-c3nnc(SCC)nc3O2)cc([N+](=O)[O-])c1O. The van der Waals surface area contributed by atoms with Crippen LogP contribution in [-0.2, 0) is 0 Å². The molecule has 1 aliphatic heterocycles. The molecule has 12 heteroatoms.